The Morgan fingerprint density at radius 2 is 0.505 bits per heavy atom. The van der Waals surface area contributed by atoms with Crippen molar-refractivity contribution in [2.24, 2.45) is 0 Å². The highest BCUT2D eigenvalue weighted by Gasteiger charge is 2.18. The molecule has 101 heavy (non-hydrogen) atoms. The Morgan fingerprint density at radius 3 is 0.723 bits per heavy atom. The molecule has 0 aliphatic heterocycles. The van der Waals surface area contributed by atoms with Gasteiger partial charge in [0.05, 0.1) is 4.90 Å². The number of hydrogen-bond donors (Lipinski definition) is 1. The number of halogens is 1. The van der Waals surface area contributed by atoms with Crippen LogP contribution in [-0.2, 0) is 9.05 Å². The van der Waals surface area contributed by atoms with Crippen LogP contribution in [0.3, 0.4) is 0 Å². The standard InChI is InChI=1S/C21H28.C20H26O.2C14H22.2C10H14.C7H7ClO2S/c1-3-4-7-16-21(20-14-10-6-11-15-20)17-18(2)19-12-8-5-9-13-19;1-17(18-10-4-2-5-11-18)16-20(14-8-9-15-21)19-12-6-3-7-13-19;2*1-5-11(3)13-7-9-14(10-8-13)12(4)6-2;2*1-3-9(2)10-7-5-4-6-8-10;1-6-2-4-7(5-3-6)11(8,9)10/h5-6,8-15,18,21H,3-4,7,16-17H2,1-2H3;2-7,10-13,17,20-21H,8-9,14-16H2,1H3;2*7-12H,5-6H2,1-4H3;2*4-9H,3H2,1-2H3;2-5H,1H3. The number of aliphatic hydroxyl groups excluding tert-OH is 1. The van der Waals surface area contributed by atoms with E-state index in [1.165, 1.54) is 145 Å². The minimum atomic E-state index is -3.55. The highest BCUT2D eigenvalue weighted by Crippen LogP contribution is 2.35. The van der Waals surface area contributed by atoms with Gasteiger partial charge < -0.3 is 5.11 Å². The molecule has 0 saturated heterocycles. The molecule has 0 aliphatic rings. The van der Waals surface area contributed by atoms with Crippen molar-refractivity contribution >= 4 is 19.7 Å². The summed E-state index contributed by atoms with van der Waals surface area (Å²) in [6, 6.07) is 89.5. The van der Waals surface area contributed by atoms with E-state index >= 15 is 0 Å². The summed E-state index contributed by atoms with van der Waals surface area (Å²) >= 11 is 0. The van der Waals surface area contributed by atoms with Gasteiger partial charge in [-0.05, 0) is 204 Å². The van der Waals surface area contributed by atoms with Gasteiger partial charge in [0.2, 0.25) is 0 Å². The first-order valence-corrected chi connectivity index (χ1v) is 41.1. The summed E-state index contributed by atoms with van der Waals surface area (Å²) in [5.41, 5.74) is 15.6. The average molecular weight is 1400 g/mol. The smallest absolute Gasteiger partial charge is 0.261 e. The van der Waals surface area contributed by atoms with E-state index < -0.39 is 9.05 Å². The molecule has 0 radical (unpaired) electrons. The molecular weight excluding hydrogens is 1270 g/mol. The van der Waals surface area contributed by atoms with Crippen molar-refractivity contribution in [1.82, 2.24) is 0 Å². The van der Waals surface area contributed by atoms with Crippen LogP contribution in [0.4, 0.5) is 0 Å². The van der Waals surface area contributed by atoms with Gasteiger partial charge in [0.1, 0.15) is 0 Å². The molecule has 10 atom stereocenters. The topological polar surface area (TPSA) is 54.4 Å². The molecule has 10 unspecified atom stereocenters. The van der Waals surface area contributed by atoms with Crippen molar-refractivity contribution < 1.29 is 13.5 Å². The van der Waals surface area contributed by atoms with E-state index in [2.05, 4.69) is 334 Å². The third-order valence-electron chi connectivity index (χ3n) is 20.5. The molecule has 9 rings (SSSR count). The Morgan fingerprint density at radius 1 is 0.287 bits per heavy atom. The van der Waals surface area contributed by atoms with Crippen molar-refractivity contribution in [3.05, 3.63) is 316 Å². The molecule has 0 aromatic heterocycles. The van der Waals surface area contributed by atoms with Crippen LogP contribution in [0, 0.1) is 6.92 Å². The Hall–Kier alpha value is -6.82. The summed E-state index contributed by atoms with van der Waals surface area (Å²) in [4.78, 5) is 0.143. The molecular formula is C96H133ClO3S. The lowest BCUT2D eigenvalue weighted by Crippen LogP contribution is -2.05. The number of benzene rings is 9. The maximum atomic E-state index is 10.7. The van der Waals surface area contributed by atoms with Crippen molar-refractivity contribution in [3.8, 4) is 0 Å². The normalized spacial score (nSPS) is 13.8. The lowest BCUT2D eigenvalue weighted by Gasteiger charge is -2.22. The van der Waals surface area contributed by atoms with Gasteiger partial charge in [-0.3, -0.25) is 0 Å². The first-order chi connectivity index (χ1) is 48.7. The molecule has 0 amide bonds. The zero-order valence-corrected chi connectivity index (χ0v) is 67.0. The molecule has 3 nitrogen and oxygen atoms in total. The van der Waals surface area contributed by atoms with Crippen LogP contribution < -0.4 is 0 Å². The van der Waals surface area contributed by atoms with E-state index in [1.54, 1.807) is 12.1 Å². The highest BCUT2D eigenvalue weighted by atomic mass is 35.7. The molecule has 548 valence electrons. The fourth-order valence-corrected chi connectivity index (χ4v) is 12.9. The minimum absolute atomic E-state index is 0.143. The van der Waals surface area contributed by atoms with Crippen molar-refractivity contribution in [3.63, 3.8) is 0 Å². The van der Waals surface area contributed by atoms with Crippen LogP contribution in [-0.4, -0.2) is 20.1 Å². The van der Waals surface area contributed by atoms with E-state index in [1.807, 2.05) is 6.92 Å². The first-order valence-electron chi connectivity index (χ1n) is 38.8. The van der Waals surface area contributed by atoms with Gasteiger partial charge in [0, 0.05) is 17.3 Å². The summed E-state index contributed by atoms with van der Waals surface area (Å²) in [5.74, 6) is 6.65. The molecule has 0 bridgehead atoms. The molecule has 9 aromatic carbocycles. The summed E-state index contributed by atoms with van der Waals surface area (Å²) in [5, 5.41) is 9.01. The predicted molar refractivity (Wildman–Crippen MR) is 445 cm³/mol. The Kier molecular flexibility index (Phi) is 45.7. The Balaban J connectivity index is 0.000000313. The van der Waals surface area contributed by atoms with E-state index in [0.29, 0.717) is 65.8 Å². The van der Waals surface area contributed by atoms with Crippen LogP contribution in [0.5, 0.6) is 0 Å². The van der Waals surface area contributed by atoms with Crippen LogP contribution in [0.15, 0.2) is 260 Å². The predicted octanol–water partition coefficient (Wildman–Crippen LogP) is 29.4. The summed E-state index contributed by atoms with van der Waals surface area (Å²) in [7, 11) is 1.54. The molecule has 0 aliphatic carbocycles. The number of aliphatic hydroxyl groups is 1. The van der Waals surface area contributed by atoms with Crippen LogP contribution >= 0.6 is 10.7 Å². The number of unbranched alkanes of at least 4 members (excludes halogenated alkanes) is 3. The fraction of sp³-hybridized carbons (Fsp3) is 0.438. The third-order valence-corrected chi connectivity index (χ3v) is 21.9. The van der Waals surface area contributed by atoms with Gasteiger partial charge >= 0.3 is 0 Å². The molecule has 1 N–H and O–H groups in total. The van der Waals surface area contributed by atoms with Crippen LogP contribution in [0.1, 0.15) is 321 Å². The summed E-state index contributed by atoms with van der Waals surface area (Å²) in [6.45, 7) is 36.2. The summed E-state index contributed by atoms with van der Waals surface area (Å²) in [6.07, 6.45) is 18.2. The second-order valence-electron chi connectivity index (χ2n) is 28.3. The maximum Gasteiger partial charge on any atom is 0.261 e. The lowest BCUT2D eigenvalue weighted by atomic mass is 9.83. The summed E-state index contributed by atoms with van der Waals surface area (Å²) < 4.78 is 21.4. The van der Waals surface area contributed by atoms with Gasteiger partial charge in [-0.2, -0.15) is 0 Å². The van der Waals surface area contributed by atoms with E-state index in [-0.39, 0.29) is 4.90 Å². The second kappa shape index (κ2) is 52.2. The van der Waals surface area contributed by atoms with Crippen molar-refractivity contribution in [2.45, 2.75) is 271 Å². The lowest BCUT2D eigenvalue weighted by molar-refractivity contribution is 0.280. The van der Waals surface area contributed by atoms with Gasteiger partial charge in [0.25, 0.3) is 9.05 Å². The van der Waals surface area contributed by atoms with Crippen LogP contribution in [0.25, 0.3) is 0 Å². The molecule has 0 heterocycles. The van der Waals surface area contributed by atoms with Gasteiger partial charge in [0.15, 0.2) is 0 Å². The third kappa shape index (κ3) is 35.8. The first kappa shape index (κ1) is 88.4. The molecule has 0 saturated carbocycles. The molecule has 9 aromatic rings. The Labute approximate surface area is 622 Å². The minimum Gasteiger partial charge on any atom is -0.396 e. The highest BCUT2D eigenvalue weighted by molar-refractivity contribution is 8.13. The zero-order chi connectivity index (χ0) is 74.2. The zero-order valence-electron chi connectivity index (χ0n) is 65.4. The fourth-order valence-electron chi connectivity index (χ4n) is 12.1. The molecule has 0 fully saturated rings. The average Bonchev–Trinajstić information content (AvgIpc) is 0.957. The maximum absolute atomic E-state index is 10.7. The number of hydrogen-bond acceptors (Lipinski definition) is 3. The van der Waals surface area contributed by atoms with Gasteiger partial charge in [-0.1, -0.05) is 378 Å². The van der Waals surface area contributed by atoms with Crippen molar-refractivity contribution in [2.75, 3.05) is 6.61 Å². The molecule has 5 heteroatoms. The van der Waals surface area contributed by atoms with Gasteiger partial charge in [-0.25, -0.2) is 8.42 Å². The SMILES string of the molecule is CC(CC(CCCCO)c1ccccc1)c1ccccc1.CCC(C)c1ccc(C(C)CC)cc1.CCC(C)c1ccc(C(C)CC)cc1.CCC(C)c1ccccc1.CCC(C)c1ccccc1.CCCCCC(CC(C)c1ccccc1)c1ccccc1.Cc1ccc(S(=O)(=O)Cl)cc1. The number of rotatable bonds is 29. The number of aryl methyl sites for hydroxylation is 1. The van der Waals surface area contributed by atoms with E-state index in [9.17, 15) is 8.42 Å². The second-order valence-corrected chi connectivity index (χ2v) is 30.9. The quantitative estimate of drug-likeness (QED) is 0.0375. The molecule has 0 spiro atoms. The monoisotopic (exact) mass is 1400 g/mol. The van der Waals surface area contributed by atoms with Gasteiger partial charge in [-0.15, -0.1) is 0 Å². The Bertz CT molecular complexity index is 3250. The van der Waals surface area contributed by atoms with Crippen LogP contribution in [0.2, 0.25) is 0 Å². The van der Waals surface area contributed by atoms with E-state index in [4.69, 9.17) is 15.8 Å². The largest absolute Gasteiger partial charge is 0.396 e. The van der Waals surface area contributed by atoms with E-state index in [0.717, 1.165) is 24.8 Å². The van der Waals surface area contributed by atoms with Crippen molar-refractivity contribution in [1.29, 1.82) is 0 Å².